The van der Waals surface area contributed by atoms with Crippen LogP contribution in [0.1, 0.15) is 37.2 Å². The van der Waals surface area contributed by atoms with Gasteiger partial charge >= 0.3 is 0 Å². The first-order valence-electron chi connectivity index (χ1n) is 7.01. The van der Waals surface area contributed by atoms with Crippen LogP contribution in [0.5, 0.6) is 5.75 Å². The predicted molar refractivity (Wildman–Crippen MR) is 76.9 cm³/mol. The normalized spacial score (nSPS) is 22.3. The Morgan fingerprint density at radius 1 is 1.10 bits per heavy atom. The highest BCUT2D eigenvalue weighted by molar-refractivity contribution is 5.33. The van der Waals surface area contributed by atoms with Gasteiger partial charge in [-0.25, -0.2) is 4.39 Å². The predicted octanol–water partition coefficient (Wildman–Crippen LogP) is 4.99. The minimum absolute atomic E-state index is 0.0501. The van der Waals surface area contributed by atoms with Crippen LogP contribution < -0.4 is 4.74 Å². The summed E-state index contributed by atoms with van der Waals surface area (Å²) in [5, 5.41) is 0. The molecule has 20 heavy (non-hydrogen) atoms. The first-order chi connectivity index (χ1) is 9.67. The van der Waals surface area contributed by atoms with E-state index in [4.69, 9.17) is 4.74 Å². The summed E-state index contributed by atoms with van der Waals surface area (Å²) in [7, 11) is 0. The molecule has 1 aromatic rings. The molecule has 0 spiro atoms. The topological polar surface area (TPSA) is 9.23 Å². The van der Waals surface area contributed by atoms with Crippen molar-refractivity contribution in [2.45, 2.75) is 31.6 Å². The van der Waals surface area contributed by atoms with E-state index in [0.717, 1.165) is 25.7 Å². The van der Waals surface area contributed by atoms with Gasteiger partial charge in [-0.2, -0.15) is 4.39 Å². The third kappa shape index (κ3) is 3.09. The van der Waals surface area contributed by atoms with Crippen molar-refractivity contribution in [3.05, 3.63) is 54.6 Å². The molecule has 0 atom stereocenters. The second-order valence-corrected chi connectivity index (χ2v) is 5.23. The van der Waals surface area contributed by atoms with Gasteiger partial charge in [0.05, 0.1) is 0 Å². The molecule has 2 rings (SSSR count). The average molecular weight is 278 g/mol. The Morgan fingerprint density at radius 3 is 2.40 bits per heavy atom. The SMILES string of the molecule is C=CCOc1ccc(C2CCC(C=C)CC2)c(F)c1F. The molecule has 0 saturated heterocycles. The van der Waals surface area contributed by atoms with E-state index in [1.165, 1.54) is 12.1 Å². The van der Waals surface area contributed by atoms with Crippen molar-refractivity contribution in [2.75, 3.05) is 6.61 Å². The Bertz CT molecular complexity index is 488. The van der Waals surface area contributed by atoms with E-state index in [1.54, 1.807) is 6.07 Å². The highest BCUT2D eigenvalue weighted by Crippen LogP contribution is 2.38. The van der Waals surface area contributed by atoms with Gasteiger partial charge in [0.15, 0.2) is 11.6 Å². The molecule has 0 radical (unpaired) electrons. The van der Waals surface area contributed by atoms with Crippen molar-refractivity contribution in [1.29, 1.82) is 0 Å². The second kappa shape index (κ2) is 6.69. The zero-order chi connectivity index (χ0) is 14.5. The smallest absolute Gasteiger partial charge is 0.200 e. The number of ether oxygens (including phenoxy) is 1. The molecule has 0 amide bonds. The van der Waals surface area contributed by atoms with E-state index < -0.39 is 11.6 Å². The molecule has 3 heteroatoms. The zero-order valence-electron chi connectivity index (χ0n) is 11.6. The summed E-state index contributed by atoms with van der Waals surface area (Å²) in [5.41, 5.74) is 0.468. The Balaban J connectivity index is 2.15. The lowest BCUT2D eigenvalue weighted by atomic mass is 9.78. The number of halogens is 2. The van der Waals surface area contributed by atoms with Crippen molar-refractivity contribution in [3.63, 3.8) is 0 Å². The lowest BCUT2D eigenvalue weighted by Crippen LogP contribution is -2.13. The minimum Gasteiger partial charge on any atom is -0.486 e. The van der Waals surface area contributed by atoms with E-state index in [2.05, 4.69) is 13.2 Å². The van der Waals surface area contributed by atoms with Crippen molar-refractivity contribution < 1.29 is 13.5 Å². The molecule has 1 fully saturated rings. The Labute approximate surface area is 119 Å². The van der Waals surface area contributed by atoms with Crippen molar-refractivity contribution in [3.8, 4) is 5.75 Å². The van der Waals surface area contributed by atoms with E-state index in [-0.39, 0.29) is 18.3 Å². The molecule has 1 aromatic carbocycles. The van der Waals surface area contributed by atoms with Gasteiger partial charge in [0, 0.05) is 0 Å². The van der Waals surface area contributed by atoms with Crippen LogP contribution in [-0.2, 0) is 0 Å². The van der Waals surface area contributed by atoms with Gasteiger partial charge in [-0.15, -0.1) is 6.58 Å². The number of rotatable bonds is 5. The largest absolute Gasteiger partial charge is 0.486 e. The molecular weight excluding hydrogens is 258 g/mol. The van der Waals surface area contributed by atoms with E-state index in [1.807, 2.05) is 6.08 Å². The summed E-state index contributed by atoms with van der Waals surface area (Å²) < 4.78 is 33.2. The Kier molecular flexibility index (Phi) is 4.94. The van der Waals surface area contributed by atoms with Gasteiger partial charge < -0.3 is 4.74 Å². The summed E-state index contributed by atoms with van der Waals surface area (Å²) in [6.07, 6.45) is 7.19. The van der Waals surface area contributed by atoms with Crippen LogP contribution in [0.4, 0.5) is 8.78 Å². The molecule has 1 saturated carbocycles. The van der Waals surface area contributed by atoms with Gasteiger partial charge in [0.25, 0.3) is 0 Å². The van der Waals surface area contributed by atoms with E-state index >= 15 is 0 Å². The first kappa shape index (κ1) is 14.8. The molecule has 0 N–H and O–H groups in total. The van der Waals surface area contributed by atoms with Crippen LogP contribution in [-0.4, -0.2) is 6.61 Å². The Hall–Kier alpha value is -1.64. The lowest BCUT2D eigenvalue weighted by molar-refractivity contribution is 0.326. The van der Waals surface area contributed by atoms with Gasteiger partial charge in [-0.1, -0.05) is 24.8 Å². The molecule has 1 aliphatic rings. The fourth-order valence-electron chi connectivity index (χ4n) is 2.79. The summed E-state index contributed by atoms with van der Waals surface area (Å²) in [4.78, 5) is 0. The van der Waals surface area contributed by atoms with E-state index in [9.17, 15) is 8.78 Å². The van der Waals surface area contributed by atoms with Gasteiger partial charge in [0.1, 0.15) is 6.61 Å². The van der Waals surface area contributed by atoms with Crippen LogP contribution in [0.15, 0.2) is 37.4 Å². The summed E-state index contributed by atoms with van der Waals surface area (Å²) in [6, 6.07) is 3.16. The number of hydrogen-bond donors (Lipinski definition) is 0. The summed E-state index contributed by atoms with van der Waals surface area (Å²) in [6.45, 7) is 7.45. The summed E-state index contributed by atoms with van der Waals surface area (Å²) >= 11 is 0. The number of benzene rings is 1. The van der Waals surface area contributed by atoms with Gasteiger partial charge in [-0.05, 0) is 49.1 Å². The average Bonchev–Trinajstić information content (AvgIpc) is 2.49. The molecule has 0 heterocycles. The maximum Gasteiger partial charge on any atom is 0.200 e. The molecule has 0 aliphatic heterocycles. The highest BCUT2D eigenvalue weighted by Gasteiger charge is 2.25. The maximum atomic E-state index is 14.2. The van der Waals surface area contributed by atoms with Crippen LogP contribution in [0.2, 0.25) is 0 Å². The van der Waals surface area contributed by atoms with Crippen molar-refractivity contribution >= 4 is 0 Å². The van der Waals surface area contributed by atoms with Gasteiger partial charge in [-0.3, -0.25) is 0 Å². The molecule has 1 nitrogen and oxygen atoms in total. The lowest BCUT2D eigenvalue weighted by Gasteiger charge is -2.27. The van der Waals surface area contributed by atoms with Crippen LogP contribution in [0, 0.1) is 17.6 Å². The molecule has 0 unspecified atom stereocenters. The third-order valence-corrected chi connectivity index (χ3v) is 3.98. The molecule has 0 bridgehead atoms. The molecule has 108 valence electrons. The number of allylic oxidation sites excluding steroid dienone is 1. The fourth-order valence-corrected chi connectivity index (χ4v) is 2.79. The fraction of sp³-hybridized carbons (Fsp3) is 0.412. The molecule has 0 aromatic heterocycles. The maximum absolute atomic E-state index is 14.2. The molecular formula is C17H20F2O. The van der Waals surface area contributed by atoms with Crippen molar-refractivity contribution in [2.24, 2.45) is 5.92 Å². The third-order valence-electron chi connectivity index (χ3n) is 3.98. The molecule has 1 aliphatic carbocycles. The Morgan fingerprint density at radius 2 is 1.80 bits per heavy atom. The number of hydrogen-bond acceptors (Lipinski definition) is 1. The second-order valence-electron chi connectivity index (χ2n) is 5.23. The van der Waals surface area contributed by atoms with Crippen LogP contribution >= 0.6 is 0 Å². The monoisotopic (exact) mass is 278 g/mol. The van der Waals surface area contributed by atoms with Crippen LogP contribution in [0.3, 0.4) is 0 Å². The summed E-state index contributed by atoms with van der Waals surface area (Å²) in [5.74, 6) is -1.11. The van der Waals surface area contributed by atoms with E-state index in [0.29, 0.717) is 11.5 Å². The van der Waals surface area contributed by atoms with Gasteiger partial charge in [0.2, 0.25) is 5.82 Å². The standard InChI is InChI=1S/C17H20F2O/c1-3-11-20-15-10-9-14(16(18)17(15)19)13-7-5-12(4-2)6-8-13/h3-4,9-10,12-13H,1-2,5-8,11H2. The van der Waals surface area contributed by atoms with Crippen LogP contribution in [0.25, 0.3) is 0 Å². The highest BCUT2D eigenvalue weighted by atomic mass is 19.2. The minimum atomic E-state index is -0.893. The zero-order valence-corrected chi connectivity index (χ0v) is 11.6. The first-order valence-corrected chi connectivity index (χ1v) is 7.01. The quantitative estimate of drug-likeness (QED) is 0.689. The van der Waals surface area contributed by atoms with Crippen molar-refractivity contribution in [1.82, 2.24) is 0 Å².